The van der Waals surface area contributed by atoms with Crippen molar-refractivity contribution in [3.05, 3.63) is 63.9 Å². The lowest BCUT2D eigenvalue weighted by molar-refractivity contribution is 0.0601. The Bertz CT molecular complexity index is 1090. The van der Waals surface area contributed by atoms with E-state index in [1.165, 1.54) is 18.9 Å². The number of para-hydroxylation sites is 1. The monoisotopic (exact) mass is 412 g/mol. The Morgan fingerprint density at radius 1 is 1.17 bits per heavy atom. The first-order valence-electron chi connectivity index (χ1n) is 9.32. The molecule has 7 heteroatoms. The molecule has 152 valence electrons. The van der Waals surface area contributed by atoms with Crippen LogP contribution in [0, 0.1) is 5.92 Å². The molecule has 0 aliphatic carbocycles. The summed E-state index contributed by atoms with van der Waals surface area (Å²) in [6, 6.07) is 12.6. The molecule has 0 radical (unpaired) electrons. The van der Waals surface area contributed by atoms with Crippen LogP contribution in [0.25, 0.3) is 10.9 Å². The zero-order valence-electron chi connectivity index (χ0n) is 17.0. The number of hydrogen-bond donors (Lipinski definition) is 0. The minimum atomic E-state index is -0.455. The van der Waals surface area contributed by atoms with Gasteiger partial charge in [0.25, 0.3) is 5.56 Å². The largest absolute Gasteiger partial charge is 0.496 e. The van der Waals surface area contributed by atoms with Gasteiger partial charge in [0, 0.05) is 17.9 Å². The van der Waals surface area contributed by atoms with E-state index in [0.717, 1.165) is 11.3 Å². The summed E-state index contributed by atoms with van der Waals surface area (Å²) < 4.78 is 11.9. The lowest BCUT2D eigenvalue weighted by atomic mass is 10.1. The molecule has 1 heterocycles. The van der Waals surface area contributed by atoms with E-state index in [1.807, 2.05) is 24.3 Å². The molecule has 3 aromatic rings. The molecule has 0 amide bonds. The number of carbonyl (C=O) groups is 1. The summed E-state index contributed by atoms with van der Waals surface area (Å²) in [5.41, 5.74) is 1.77. The first kappa shape index (κ1) is 20.9. The van der Waals surface area contributed by atoms with Crippen LogP contribution in [-0.4, -0.2) is 29.7 Å². The minimum absolute atomic E-state index is 0.109. The first-order chi connectivity index (χ1) is 13.9. The number of carbonyl (C=O) groups excluding carboxylic acids is 1. The molecule has 2 aromatic carbocycles. The number of aromatic nitrogens is 2. The zero-order chi connectivity index (χ0) is 21.0. The predicted molar refractivity (Wildman–Crippen MR) is 115 cm³/mol. The van der Waals surface area contributed by atoms with Crippen molar-refractivity contribution in [2.75, 3.05) is 14.2 Å². The number of benzene rings is 2. The molecule has 1 aromatic heterocycles. The Morgan fingerprint density at radius 2 is 1.93 bits per heavy atom. The van der Waals surface area contributed by atoms with E-state index >= 15 is 0 Å². The Kier molecular flexibility index (Phi) is 6.59. The summed E-state index contributed by atoms with van der Waals surface area (Å²) in [5, 5.41) is 1.10. The summed E-state index contributed by atoms with van der Waals surface area (Å²) in [4.78, 5) is 29.7. The van der Waals surface area contributed by atoms with Crippen LogP contribution in [0.5, 0.6) is 5.75 Å². The summed E-state index contributed by atoms with van der Waals surface area (Å²) in [7, 11) is 2.97. The number of esters is 1. The maximum atomic E-state index is 13.1. The molecular weight excluding hydrogens is 388 g/mol. The van der Waals surface area contributed by atoms with Gasteiger partial charge in [-0.1, -0.05) is 43.8 Å². The van der Waals surface area contributed by atoms with Crippen molar-refractivity contribution in [1.82, 2.24) is 9.55 Å². The molecule has 0 aliphatic heterocycles. The van der Waals surface area contributed by atoms with Gasteiger partial charge in [-0.25, -0.2) is 9.78 Å². The Labute approximate surface area is 173 Å². The highest BCUT2D eigenvalue weighted by Gasteiger charge is 2.16. The number of fused-ring (bicyclic) bond motifs is 1. The van der Waals surface area contributed by atoms with Crippen LogP contribution in [0.3, 0.4) is 0 Å². The van der Waals surface area contributed by atoms with Crippen molar-refractivity contribution in [3.63, 3.8) is 0 Å². The van der Waals surface area contributed by atoms with Gasteiger partial charge in [0.1, 0.15) is 5.75 Å². The van der Waals surface area contributed by atoms with E-state index in [-0.39, 0.29) is 11.5 Å². The van der Waals surface area contributed by atoms with Gasteiger partial charge in [-0.05, 0) is 30.2 Å². The summed E-state index contributed by atoms with van der Waals surface area (Å²) in [6.07, 6.45) is 0. The van der Waals surface area contributed by atoms with Crippen LogP contribution in [0.2, 0.25) is 0 Å². The van der Waals surface area contributed by atoms with Gasteiger partial charge in [0.2, 0.25) is 0 Å². The number of methoxy groups -OCH3 is 2. The van der Waals surface area contributed by atoms with Crippen LogP contribution in [0.4, 0.5) is 0 Å². The summed E-state index contributed by atoms with van der Waals surface area (Å²) in [5.74, 6) is 1.23. The fraction of sp³-hybridized carbons (Fsp3) is 0.318. The second-order valence-electron chi connectivity index (χ2n) is 7.03. The molecular formula is C22H24N2O4S. The van der Waals surface area contributed by atoms with Gasteiger partial charge in [-0.2, -0.15) is 0 Å². The van der Waals surface area contributed by atoms with E-state index in [0.29, 0.717) is 33.9 Å². The average Bonchev–Trinajstić information content (AvgIpc) is 2.73. The number of rotatable bonds is 7. The first-order valence-corrected chi connectivity index (χ1v) is 10.3. The molecule has 0 N–H and O–H groups in total. The number of nitrogens with zero attached hydrogens (tertiary/aromatic N) is 2. The number of thioether (sulfide) groups is 1. The Hall–Kier alpha value is -2.80. The molecule has 0 fully saturated rings. The van der Waals surface area contributed by atoms with Crippen molar-refractivity contribution in [1.29, 1.82) is 0 Å². The van der Waals surface area contributed by atoms with Crippen LogP contribution < -0.4 is 10.3 Å². The smallest absolute Gasteiger partial charge is 0.337 e. The summed E-state index contributed by atoms with van der Waals surface area (Å²) >= 11 is 1.48. The van der Waals surface area contributed by atoms with Gasteiger partial charge in [0.15, 0.2) is 5.16 Å². The maximum Gasteiger partial charge on any atom is 0.337 e. The van der Waals surface area contributed by atoms with Gasteiger partial charge < -0.3 is 9.47 Å². The van der Waals surface area contributed by atoms with Crippen molar-refractivity contribution in [2.45, 2.75) is 31.3 Å². The molecule has 0 unspecified atom stereocenters. The molecule has 6 nitrogen and oxygen atoms in total. The quantitative estimate of drug-likeness (QED) is 0.330. The van der Waals surface area contributed by atoms with Crippen LogP contribution in [-0.2, 0) is 17.0 Å². The van der Waals surface area contributed by atoms with E-state index in [9.17, 15) is 9.59 Å². The fourth-order valence-corrected chi connectivity index (χ4v) is 4.05. The highest BCUT2D eigenvalue weighted by molar-refractivity contribution is 7.98. The molecule has 0 aliphatic rings. The Balaban J connectivity index is 2.06. The van der Waals surface area contributed by atoms with Crippen molar-refractivity contribution < 1.29 is 14.3 Å². The minimum Gasteiger partial charge on any atom is -0.496 e. The second kappa shape index (κ2) is 9.13. The fourth-order valence-electron chi connectivity index (χ4n) is 3.05. The van der Waals surface area contributed by atoms with Crippen LogP contribution >= 0.6 is 11.8 Å². The molecule has 0 spiro atoms. The van der Waals surface area contributed by atoms with E-state index < -0.39 is 5.97 Å². The van der Waals surface area contributed by atoms with Crippen LogP contribution in [0.15, 0.2) is 52.4 Å². The van der Waals surface area contributed by atoms with Crippen molar-refractivity contribution in [2.24, 2.45) is 5.92 Å². The predicted octanol–water partition coefficient (Wildman–Crippen LogP) is 4.14. The SMILES string of the molecule is COC(=O)c1ccc2c(=O)n(CC(C)C)c(SCc3ccccc3OC)nc2c1. The third-order valence-corrected chi connectivity index (χ3v) is 5.46. The van der Waals surface area contributed by atoms with Gasteiger partial charge in [-0.3, -0.25) is 9.36 Å². The highest BCUT2D eigenvalue weighted by atomic mass is 32.2. The van der Waals surface area contributed by atoms with Crippen molar-refractivity contribution in [3.8, 4) is 5.75 Å². The van der Waals surface area contributed by atoms with E-state index in [2.05, 4.69) is 13.8 Å². The molecule has 0 saturated heterocycles. The lowest BCUT2D eigenvalue weighted by Gasteiger charge is -2.16. The molecule has 0 bridgehead atoms. The lowest BCUT2D eigenvalue weighted by Crippen LogP contribution is -2.25. The Morgan fingerprint density at radius 3 is 2.62 bits per heavy atom. The standard InChI is InChI=1S/C22H24N2O4S/c1-14(2)12-24-20(25)17-10-9-15(21(26)28-4)11-18(17)23-22(24)29-13-16-7-5-6-8-19(16)27-3/h5-11,14H,12-13H2,1-4H3. The maximum absolute atomic E-state index is 13.1. The highest BCUT2D eigenvalue weighted by Crippen LogP contribution is 2.28. The van der Waals surface area contributed by atoms with Crippen molar-refractivity contribution >= 4 is 28.6 Å². The molecule has 29 heavy (non-hydrogen) atoms. The molecule has 0 atom stereocenters. The zero-order valence-corrected chi connectivity index (χ0v) is 17.8. The van der Waals surface area contributed by atoms with Gasteiger partial charge in [0.05, 0.1) is 30.7 Å². The van der Waals surface area contributed by atoms with Gasteiger partial charge >= 0.3 is 5.97 Å². The third-order valence-electron chi connectivity index (χ3n) is 4.44. The summed E-state index contributed by atoms with van der Waals surface area (Å²) in [6.45, 7) is 4.69. The number of ether oxygens (including phenoxy) is 2. The molecule has 0 saturated carbocycles. The number of hydrogen-bond acceptors (Lipinski definition) is 6. The topological polar surface area (TPSA) is 70.4 Å². The molecule has 3 rings (SSSR count). The van der Waals surface area contributed by atoms with E-state index in [1.54, 1.807) is 29.9 Å². The normalized spacial score (nSPS) is 11.1. The average molecular weight is 413 g/mol. The van der Waals surface area contributed by atoms with E-state index in [4.69, 9.17) is 14.5 Å². The van der Waals surface area contributed by atoms with Gasteiger partial charge in [-0.15, -0.1) is 0 Å². The van der Waals surface area contributed by atoms with Crippen LogP contribution in [0.1, 0.15) is 29.8 Å². The third kappa shape index (κ3) is 4.62. The second-order valence-corrected chi connectivity index (χ2v) is 7.97.